The number of nitro groups is 1. The molecule has 7 heteroatoms. The number of thioether (sulfide) groups is 1. The maximum absolute atomic E-state index is 11.8. The van der Waals surface area contributed by atoms with Gasteiger partial charge in [-0.1, -0.05) is 18.2 Å². The average molecular weight is 373 g/mol. The Morgan fingerprint density at radius 1 is 1.00 bits per heavy atom. The number of rotatable bonds is 11. The van der Waals surface area contributed by atoms with E-state index in [4.69, 9.17) is 0 Å². The normalized spacial score (nSPS) is 10.3. The molecule has 0 unspecified atom stereocenters. The number of non-ortho nitro benzene ring substituents is 1. The van der Waals surface area contributed by atoms with Crippen LogP contribution in [-0.4, -0.2) is 29.7 Å². The Morgan fingerprint density at radius 3 is 2.42 bits per heavy atom. The van der Waals surface area contributed by atoms with Crippen molar-refractivity contribution in [3.8, 4) is 0 Å². The predicted molar refractivity (Wildman–Crippen MR) is 106 cm³/mol. The highest BCUT2D eigenvalue weighted by atomic mass is 32.2. The van der Waals surface area contributed by atoms with Crippen molar-refractivity contribution in [1.82, 2.24) is 5.32 Å². The Hall–Kier alpha value is -2.54. The summed E-state index contributed by atoms with van der Waals surface area (Å²) in [4.78, 5) is 23.2. The molecule has 6 nitrogen and oxygen atoms in total. The first kappa shape index (κ1) is 19.8. The summed E-state index contributed by atoms with van der Waals surface area (Å²) >= 11 is 1.79. The van der Waals surface area contributed by atoms with E-state index in [1.807, 2.05) is 18.2 Å². The van der Waals surface area contributed by atoms with Gasteiger partial charge in [0.1, 0.15) is 0 Å². The molecule has 0 atom stereocenters. The quantitative estimate of drug-likeness (QED) is 0.268. The van der Waals surface area contributed by atoms with Gasteiger partial charge in [0.25, 0.3) is 5.69 Å². The van der Waals surface area contributed by atoms with Gasteiger partial charge in [-0.2, -0.15) is 0 Å². The molecule has 0 aromatic heterocycles. The van der Waals surface area contributed by atoms with E-state index in [9.17, 15) is 14.9 Å². The van der Waals surface area contributed by atoms with Crippen molar-refractivity contribution in [3.05, 3.63) is 64.7 Å². The third-order valence-electron chi connectivity index (χ3n) is 3.64. The summed E-state index contributed by atoms with van der Waals surface area (Å²) in [5.74, 6) is 1.03. The molecular weight excluding hydrogens is 350 g/mol. The lowest BCUT2D eigenvalue weighted by atomic mass is 10.2. The first-order valence-electron chi connectivity index (χ1n) is 8.58. The summed E-state index contributed by atoms with van der Waals surface area (Å²) in [7, 11) is 0. The fourth-order valence-corrected chi connectivity index (χ4v) is 3.15. The molecule has 0 aliphatic carbocycles. The summed E-state index contributed by atoms with van der Waals surface area (Å²) in [5, 5.41) is 16.7. The molecule has 0 saturated heterocycles. The van der Waals surface area contributed by atoms with E-state index in [0.29, 0.717) is 25.9 Å². The van der Waals surface area contributed by atoms with Gasteiger partial charge < -0.3 is 10.6 Å². The zero-order valence-corrected chi connectivity index (χ0v) is 15.3. The van der Waals surface area contributed by atoms with Crippen molar-refractivity contribution in [2.45, 2.75) is 24.2 Å². The first-order chi connectivity index (χ1) is 12.6. The first-order valence-corrected chi connectivity index (χ1v) is 9.56. The monoisotopic (exact) mass is 373 g/mol. The van der Waals surface area contributed by atoms with Gasteiger partial charge in [0.15, 0.2) is 0 Å². The summed E-state index contributed by atoms with van der Waals surface area (Å²) in [6.07, 6.45) is 2.11. The number of hydrogen-bond donors (Lipinski definition) is 2. The number of anilines is 1. The summed E-state index contributed by atoms with van der Waals surface area (Å²) in [5.41, 5.74) is 0.884. The van der Waals surface area contributed by atoms with Gasteiger partial charge in [-0.05, 0) is 42.9 Å². The Balaban J connectivity index is 1.50. The van der Waals surface area contributed by atoms with Crippen molar-refractivity contribution < 1.29 is 9.72 Å². The van der Waals surface area contributed by atoms with Crippen LogP contribution in [0.4, 0.5) is 11.4 Å². The standard InChI is InChI=1S/C19H23N3O3S/c23-19(21-14-5-15-26-18-6-2-1-3-7-18)8-4-13-20-16-9-11-17(12-10-16)22(24)25/h1-3,6-7,9-12,20H,4-5,8,13-15H2,(H,21,23). The van der Waals surface area contributed by atoms with Gasteiger partial charge in [-0.25, -0.2) is 0 Å². The molecule has 0 aliphatic heterocycles. The van der Waals surface area contributed by atoms with E-state index < -0.39 is 4.92 Å². The van der Waals surface area contributed by atoms with Crippen molar-refractivity contribution in [3.63, 3.8) is 0 Å². The molecule has 0 radical (unpaired) electrons. The number of hydrogen-bond acceptors (Lipinski definition) is 5. The SMILES string of the molecule is O=C(CCCNc1ccc([N+](=O)[O-])cc1)NCCCSc1ccccc1. The Bertz CT molecular complexity index is 693. The lowest BCUT2D eigenvalue weighted by molar-refractivity contribution is -0.384. The smallest absolute Gasteiger partial charge is 0.269 e. The van der Waals surface area contributed by atoms with Crippen LogP contribution in [0, 0.1) is 10.1 Å². The Labute approximate surface area is 157 Å². The minimum atomic E-state index is -0.424. The van der Waals surface area contributed by atoms with Crippen molar-refractivity contribution >= 4 is 29.0 Å². The fourth-order valence-electron chi connectivity index (χ4n) is 2.28. The summed E-state index contributed by atoms with van der Waals surface area (Å²) in [6.45, 7) is 1.34. The molecule has 2 rings (SSSR count). The van der Waals surface area contributed by atoms with E-state index in [0.717, 1.165) is 17.9 Å². The third-order valence-corrected chi connectivity index (χ3v) is 4.74. The summed E-state index contributed by atoms with van der Waals surface area (Å²) < 4.78 is 0. The highest BCUT2D eigenvalue weighted by Gasteiger charge is 2.04. The molecule has 2 aromatic rings. The minimum absolute atomic E-state index is 0.0558. The molecule has 0 fully saturated rings. The Kier molecular flexibility index (Phi) is 8.48. The topological polar surface area (TPSA) is 84.3 Å². The second kappa shape index (κ2) is 11.1. The van der Waals surface area contributed by atoms with Crippen LogP contribution >= 0.6 is 11.8 Å². The van der Waals surface area contributed by atoms with Crippen LogP contribution in [-0.2, 0) is 4.79 Å². The van der Waals surface area contributed by atoms with Gasteiger partial charge in [0.2, 0.25) is 5.91 Å². The number of nitrogens with one attached hydrogen (secondary N) is 2. The zero-order chi connectivity index (χ0) is 18.6. The molecule has 2 aromatic carbocycles. The molecule has 0 heterocycles. The maximum Gasteiger partial charge on any atom is 0.269 e. The van der Waals surface area contributed by atoms with Gasteiger partial charge >= 0.3 is 0 Å². The van der Waals surface area contributed by atoms with Crippen LogP contribution in [0.3, 0.4) is 0 Å². The summed E-state index contributed by atoms with van der Waals surface area (Å²) in [6, 6.07) is 16.5. The van der Waals surface area contributed by atoms with Crippen LogP contribution in [0.2, 0.25) is 0 Å². The van der Waals surface area contributed by atoms with E-state index in [1.54, 1.807) is 23.9 Å². The van der Waals surface area contributed by atoms with Crippen molar-refractivity contribution in [1.29, 1.82) is 0 Å². The molecule has 2 N–H and O–H groups in total. The second-order valence-electron chi connectivity index (χ2n) is 5.70. The maximum atomic E-state index is 11.8. The van der Waals surface area contributed by atoms with E-state index in [1.165, 1.54) is 17.0 Å². The van der Waals surface area contributed by atoms with Gasteiger partial charge in [0, 0.05) is 42.2 Å². The molecule has 26 heavy (non-hydrogen) atoms. The largest absolute Gasteiger partial charge is 0.385 e. The zero-order valence-electron chi connectivity index (χ0n) is 14.5. The predicted octanol–water partition coefficient (Wildman–Crippen LogP) is 4.09. The highest BCUT2D eigenvalue weighted by Crippen LogP contribution is 2.17. The number of amides is 1. The van der Waals surface area contributed by atoms with Crippen molar-refractivity contribution in [2.75, 3.05) is 24.2 Å². The number of benzene rings is 2. The molecule has 0 aliphatic rings. The lowest BCUT2D eigenvalue weighted by Crippen LogP contribution is -2.25. The number of nitrogens with zero attached hydrogens (tertiary/aromatic N) is 1. The van der Waals surface area contributed by atoms with E-state index in [-0.39, 0.29) is 11.6 Å². The highest BCUT2D eigenvalue weighted by molar-refractivity contribution is 7.99. The van der Waals surface area contributed by atoms with Crippen molar-refractivity contribution in [2.24, 2.45) is 0 Å². The van der Waals surface area contributed by atoms with Gasteiger partial charge in [-0.15, -0.1) is 11.8 Å². The minimum Gasteiger partial charge on any atom is -0.385 e. The van der Waals surface area contributed by atoms with Crippen LogP contribution in [0.1, 0.15) is 19.3 Å². The molecule has 1 amide bonds. The molecule has 0 saturated carbocycles. The van der Waals surface area contributed by atoms with Crippen LogP contribution in [0.25, 0.3) is 0 Å². The van der Waals surface area contributed by atoms with Gasteiger partial charge in [0.05, 0.1) is 4.92 Å². The number of nitro benzene ring substituents is 1. The average Bonchev–Trinajstić information content (AvgIpc) is 2.66. The fraction of sp³-hybridized carbons (Fsp3) is 0.316. The van der Waals surface area contributed by atoms with Crippen LogP contribution in [0.15, 0.2) is 59.5 Å². The molecule has 0 spiro atoms. The lowest BCUT2D eigenvalue weighted by Gasteiger charge is -2.07. The second-order valence-corrected chi connectivity index (χ2v) is 6.87. The molecule has 138 valence electrons. The number of carbonyl (C=O) groups excluding carboxylic acids is 1. The Morgan fingerprint density at radius 2 is 1.73 bits per heavy atom. The van der Waals surface area contributed by atoms with Gasteiger partial charge in [-0.3, -0.25) is 14.9 Å². The molecular formula is C19H23N3O3S. The molecule has 0 bridgehead atoms. The number of carbonyl (C=O) groups is 1. The van der Waals surface area contributed by atoms with E-state index in [2.05, 4.69) is 22.8 Å². The van der Waals surface area contributed by atoms with Crippen LogP contribution in [0.5, 0.6) is 0 Å². The van der Waals surface area contributed by atoms with E-state index >= 15 is 0 Å². The third kappa shape index (κ3) is 7.57. The van der Waals surface area contributed by atoms with Crippen LogP contribution < -0.4 is 10.6 Å².